The van der Waals surface area contributed by atoms with Gasteiger partial charge in [-0.3, -0.25) is 4.98 Å². The summed E-state index contributed by atoms with van der Waals surface area (Å²) < 4.78 is 5.77. The van der Waals surface area contributed by atoms with E-state index in [-0.39, 0.29) is 12.7 Å². The van der Waals surface area contributed by atoms with Crippen molar-refractivity contribution in [2.45, 2.75) is 25.4 Å². The van der Waals surface area contributed by atoms with Gasteiger partial charge in [0.1, 0.15) is 11.8 Å². The average molecular weight is 247 g/mol. The van der Waals surface area contributed by atoms with Crippen LogP contribution in [0.3, 0.4) is 0 Å². The zero-order valence-corrected chi connectivity index (χ0v) is 10.2. The second kappa shape index (κ2) is 6.94. The molecule has 1 aliphatic heterocycles. The molecule has 0 spiro atoms. The molecule has 1 aromatic rings. The maximum absolute atomic E-state index is 8.65. The number of piperidine rings is 1. The van der Waals surface area contributed by atoms with Crippen molar-refractivity contribution in [1.82, 2.24) is 15.3 Å². The molecular weight excluding hydrogens is 230 g/mol. The quantitative estimate of drug-likeness (QED) is 0.754. The van der Waals surface area contributed by atoms with E-state index in [9.17, 15) is 0 Å². The molecule has 0 atom stereocenters. The molecule has 0 amide bonds. The molecule has 5 heteroatoms. The predicted octanol–water partition coefficient (Wildman–Crippen LogP) is 0.341. The lowest BCUT2D eigenvalue weighted by atomic mass is 10.1. The summed E-state index contributed by atoms with van der Waals surface area (Å²) in [5.41, 5.74) is 0.579. The first kappa shape index (κ1) is 12.8. The highest BCUT2D eigenvalue weighted by Gasteiger charge is 2.15. The Hall–Kier alpha value is -1.64. The van der Waals surface area contributed by atoms with Crippen LogP contribution in [0, 0.1) is 11.8 Å². The van der Waals surface area contributed by atoms with Crippen molar-refractivity contribution in [3.8, 4) is 17.7 Å². The van der Waals surface area contributed by atoms with Crippen LogP contribution in [-0.2, 0) is 0 Å². The third-order valence-electron chi connectivity index (χ3n) is 2.64. The lowest BCUT2D eigenvalue weighted by Gasteiger charge is -2.22. The van der Waals surface area contributed by atoms with Crippen LogP contribution < -0.4 is 10.1 Å². The Morgan fingerprint density at radius 3 is 3.00 bits per heavy atom. The zero-order valence-electron chi connectivity index (χ0n) is 10.2. The number of aromatic nitrogens is 2. The lowest BCUT2D eigenvalue weighted by molar-refractivity contribution is 0.155. The zero-order chi connectivity index (χ0) is 12.6. The number of hydrogen-bond donors (Lipinski definition) is 2. The first-order valence-corrected chi connectivity index (χ1v) is 6.17. The number of nitrogens with one attached hydrogen (secondary N) is 1. The normalized spacial score (nSPS) is 15.8. The van der Waals surface area contributed by atoms with Gasteiger partial charge >= 0.3 is 0 Å². The smallest absolute Gasteiger partial charge is 0.233 e. The predicted molar refractivity (Wildman–Crippen MR) is 67.1 cm³/mol. The number of nitrogens with zero attached hydrogens (tertiary/aromatic N) is 2. The summed E-state index contributed by atoms with van der Waals surface area (Å²) >= 11 is 0. The van der Waals surface area contributed by atoms with Crippen molar-refractivity contribution in [3.63, 3.8) is 0 Å². The van der Waals surface area contributed by atoms with E-state index in [0.29, 0.717) is 18.0 Å². The summed E-state index contributed by atoms with van der Waals surface area (Å²) in [7, 11) is 0. The van der Waals surface area contributed by atoms with Crippen LogP contribution in [0.4, 0.5) is 0 Å². The van der Waals surface area contributed by atoms with Gasteiger partial charge in [0.05, 0.1) is 19.0 Å². The number of aliphatic hydroxyl groups excluding tert-OH is 1. The van der Waals surface area contributed by atoms with Crippen LogP contribution in [0.15, 0.2) is 12.4 Å². The summed E-state index contributed by atoms with van der Waals surface area (Å²) in [6.45, 7) is 2.02. The third kappa shape index (κ3) is 3.99. The number of rotatable bonds is 3. The van der Waals surface area contributed by atoms with E-state index < -0.39 is 0 Å². The van der Waals surface area contributed by atoms with Crippen molar-refractivity contribution < 1.29 is 9.84 Å². The highest BCUT2D eigenvalue weighted by Crippen LogP contribution is 2.13. The topological polar surface area (TPSA) is 67.3 Å². The van der Waals surface area contributed by atoms with E-state index in [2.05, 4.69) is 27.1 Å². The van der Waals surface area contributed by atoms with Gasteiger partial charge in [-0.1, -0.05) is 5.92 Å². The maximum atomic E-state index is 8.65. The minimum atomic E-state index is 0.0612. The first-order valence-electron chi connectivity index (χ1n) is 6.17. The molecule has 96 valence electrons. The molecule has 0 aliphatic carbocycles. The van der Waals surface area contributed by atoms with Crippen LogP contribution in [-0.4, -0.2) is 40.9 Å². The standard InChI is InChI=1S/C13H17N3O2/c17-8-2-1-3-11-9-15-10-13(16-11)18-12-4-6-14-7-5-12/h9-10,12,14,17H,2,4-8H2. The molecule has 2 heterocycles. The highest BCUT2D eigenvalue weighted by molar-refractivity contribution is 5.26. The Morgan fingerprint density at radius 1 is 1.39 bits per heavy atom. The van der Waals surface area contributed by atoms with Gasteiger partial charge in [0.25, 0.3) is 0 Å². The van der Waals surface area contributed by atoms with Crippen LogP contribution >= 0.6 is 0 Å². The summed E-state index contributed by atoms with van der Waals surface area (Å²) in [4.78, 5) is 8.34. The van der Waals surface area contributed by atoms with Gasteiger partial charge in [-0.15, -0.1) is 0 Å². The lowest BCUT2D eigenvalue weighted by Crippen LogP contribution is -2.34. The number of aliphatic hydroxyl groups is 1. The molecule has 2 rings (SSSR count). The van der Waals surface area contributed by atoms with Crippen LogP contribution in [0.1, 0.15) is 25.0 Å². The van der Waals surface area contributed by atoms with Gasteiger partial charge in [-0.05, 0) is 31.9 Å². The molecular formula is C13H17N3O2. The summed E-state index contributed by atoms with van der Waals surface area (Å²) in [5, 5.41) is 11.9. The minimum absolute atomic E-state index is 0.0612. The molecule has 1 aromatic heterocycles. The van der Waals surface area contributed by atoms with Crippen molar-refractivity contribution >= 4 is 0 Å². The van der Waals surface area contributed by atoms with E-state index in [4.69, 9.17) is 9.84 Å². The second-order valence-corrected chi connectivity index (χ2v) is 4.09. The molecule has 0 saturated carbocycles. The Morgan fingerprint density at radius 2 is 2.22 bits per heavy atom. The molecule has 2 N–H and O–H groups in total. The van der Waals surface area contributed by atoms with Crippen molar-refractivity contribution in [2.24, 2.45) is 0 Å². The fraction of sp³-hybridized carbons (Fsp3) is 0.538. The van der Waals surface area contributed by atoms with E-state index >= 15 is 0 Å². The molecule has 1 fully saturated rings. The molecule has 5 nitrogen and oxygen atoms in total. The molecule has 0 aromatic carbocycles. The average Bonchev–Trinajstić information content (AvgIpc) is 2.41. The van der Waals surface area contributed by atoms with Crippen LogP contribution in [0.2, 0.25) is 0 Å². The highest BCUT2D eigenvalue weighted by atomic mass is 16.5. The van der Waals surface area contributed by atoms with Gasteiger partial charge in [0, 0.05) is 6.42 Å². The molecule has 1 saturated heterocycles. The number of hydrogen-bond acceptors (Lipinski definition) is 5. The first-order chi connectivity index (χ1) is 8.88. The summed E-state index contributed by atoms with van der Waals surface area (Å²) in [6, 6.07) is 0. The third-order valence-corrected chi connectivity index (χ3v) is 2.64. The molecule has 18 heavy (non-hydrogen) atoms. The van der Waals surface area contributed by atoms with Gasteiger partial charge in [0.15, 0.2) is 0 Å². The maximum Gasteiger partial charge on any atom is 0.233 e. The monoisotopic (exact) mass is 247 g/mol. The molecule has 1 aliphatic rings. The largest absolute Gasteiger partial charge is 0.473 e. The molecule has 0 unspecified atom stereocenters. The fourth-order valence-corrected chi connectivity index (χ4v) is 1.76. The van der Waals surface area contributed by atoms with Crippen molar-refractivity contribution in [1.29, 1.82) is 0 Å². The van der Waals surface area contributed by atoms with Gasteiger partial charge in [-0.25, -0.2) is 4.98 Å². The van der Waals surface area contributed by atoms with Gasteiger partial charge in [0.2, 0.25) is 5.88 Å². The van der Waals surface area contributed by atoms with Gasteiger partial charge < -0.3 is 15.2 Å². The van der Waals surface area contributed by atoms with E-state index in [1.807, 2.05) is 0 Å². The Bertz CT molecular complexity index is 433. The Kier molecular flexibility index (Phi) is 4.94. The van der Waals surface area contributed by atoms with Gasteiger partial charge in [-0.2, -0.15) is 0 Å². The van der Waals surface area contributed by atoms with Crippen molar-refractivity contribution in [3.05, 3.63) is 18.1 Å². The van der Waals surface area contributed by atoms with Crippen molar-refractivity contribution in [2.75, 3.05) is 19.7 Å². The van der Waals surface area contributed by atoms with E-state index in [1.54, 1.807) is 12.4 Å². The minimum Gasteiger partial charge on any atom is -0.473 e. The second-order valence-electron chi connectivity index (χ2n) is 4.09. The summed E-state index contributed by atoms with van der Waals surface area (Å²) in [6.07, 6.45) is 5.84. The molecule has 0 radical (unpaired) electrons. The number of ether oxygens (including phenoxy) is 1. The SMILES string of the molecule is OCCC#Cc1cncc(OC2CCNCC2)n1. The Labute approximate surface area is 107 Å². The van der Waals surface area contributed by atoms with Crippen LogP contribution in [0.5, 0.6) is 5.88 Å². The molecule has 0 bridgehead atoms. The Balaban J connectivity index is 1.96. The van der Waals surface area contributed by atoms with E-state index in [0.717, 1.165) is 25.9 Å². The van der Waals surface area contributed by atoms with Crippen LogP contribution in [0.25, 0.3) is 0 Å². The fourth-order valence-electron chi connectivity index (χ4n) is 1.76. The summed E-state index contributed by atoms with van der Waals surface area (Å²) in [5.74, 6) is 6.19. The van der Waals surface area contributed by atoms with E-state index in [1.165, 1.54) is 0 Å².